The standard InChI is InChI=1S/C21H19N3O3/c25-19-13-24(11-10-22-19)21(27)20(26)16-12-18(14-6-2-1-3-7-14)23-17-9-5-4-8-15(16)17/h1-9,12,20,26H,10-11,13H2,(H,22,25). The number of rotatable bonds is 3. The Kier molecular flexibility index (Phi) is 4.56. The Morgan fingerprint density at radius 3 is 2.63 bits per heavy atom. The number of aliphatic hydroxyl groups is 1. The molecule has 0 bridgehead atoms. The van der Waals surface area contributed by atoms with Crippen molar-refractivity contribution in [1.82, 2.24) is 15.2 Å². The average molecular weight is 361 g/mol. The van der Waals surface area contributed by atoms with Crippen LogP contribution >= 0.6 is 0 Å². The van der Waals surface area contributed by atoms with Crippen molar-refractivity contribution in [2.75, 3.05) is 19.6 Å². The van der Waals surface area contributed by atoms with E-state index in [0.29, 0.717) is 29.9 Å². The smallest absolute Gasteiger partial charge is 0.256 e. The van der Waals surface area contributed by atoms with Crippen LogP contribution in [0, 0.1) is 0 Å². The van der Waals surface area contributed by atoms with Gasteiger partial charge in [0.05, 0.1) is 17.8 Å². The first-order valence-electron chi connectivity index (χ1n) is 8.82. The zero-order valence-electron chi connectivity index (χ0n) is 14.6. The molecule has 4 rings (SSSR count). The van der Waals surface area contributed by atoms with Gasteiger partial charge in [-0.3, -0.25) is 9.59 Å². The number of hydrogen-bond acceptors (Lipinski definition) is 4. The van der Waals surface area contributed by atoms with Crippen molar-refractivity contribution in [3.63, 3.8) is 0 Å². The van der Waals surface area contributed by atoms with Crippen LogP contribution in [-0.4, -0.2) is 46.4 Å². The Morgan fingerprint density at radius 2 is 1.85 bits per heavy atom. The van der Waals surface area contributed by atoms with E-state index in [1.54, 1.807) is 6.07 Å². The number of pyridine rings is 1. The third-order valence-corrected chi connectivity index (χ3v) is 4.70. The summed E-state index contributed by atoms with van der Waals surface area (Å²) in [7, 11) is 0. The summed E-state index contributed by atoms with van der Waals surface area (Å²) in [6.07, 6.45) is -1.36. The van der Waals surface area contributed by atoms with Gasteiger partial charge in [-0.2, -0.15) is 0 Å². The maximum atomic E-state index is 12.8. The second kappa shape index (κ2) is 7.17. The molecular formula is C21H19N3O3. The molecule has 0 saturated carbocycles. The lowest BCUT2D eigenvalue weighted by molar-refractivity contribution is -0.145. The monoisotopic (exact) mass is 361 g/mol. The molecule has 1 saturated heterocycles. The fraction of sp³-hybridized carbons (Fsp3) is 0.190. The number of nitrogens with zero attached hydrogens (tertiary/aromatic N) is 2. The van der Waals surface area contributed by atoms with Crippen LogP contribution in [0.3, 0.4) is 0 Å². The molecule has 2 aromatic carbocycles. The van der Waals surface area contributed by atoms with Crippen molar-refractivity contribution in [1.29, 1.82) is 0 Å². The lowest BCUT2D eigenvalue weighted by Gasteiger charge is -2.29. The minimum atomic E-state index is -1.36. The third-order valence-electron chi connectivity index (χ3n) is 4.70. The van der Waals surface area contributed by atoms with Crippen LogP contribution in [0.15, 0.2) is 60.7 Å². The van der Waals surface area contributed by atoms with Crippen LogP contribution < -0.4 is 5.32 Å². The predicted octanol–water partition coefficient (Wildman–Crippen LogP) is 1.89. The zero-order chi connectivity index (χ0) is 18.8. The Morgan fingerprint density at radius 1 is 1.11 bits per heavy atom. The molecule has 1 fully saturated rings. The summed E-state index contributed by atoms with van der Waals surface area (Å²) < 4.78 is 0. The highest BCUT2D eigenvalue weighted by molar-refractivity contribution is 5.93. The summed E-state index contributed by atoms with van der Waals surface area (Å²) in [5, 5.41) is 14.2. The Bertz CT molecular complexity index is 1000. The molecule has 2 heterocycles. The lowest BCUT2D eigenvalue weighted by Crippen LogP contribution is -2.51. The van der Waals surface area contributed by atoms with Crippen molar-refractivity contribution in [2.24, 2.45) is 0 Å². The SMILES string of the molecule is O=C1CN(C(=O)C(O)c2cc(-c3ccccc3)nc3ccccc23)CCN1. The van der Waals surface area contributed by atoms with Gasteiger partial charge in [-0.25, -0.2) is 4.98 Å². The van der Waals surface area contributed by atoms with E-state index < -0.39 is 12.0 Å². The number of carbonyl (C=O) groups excluding carboxylic acids is 2. The van der Waals surface area contributed by atoms with Crippen LogP contribution in [0.2, 0.25) is 0 Å². The summed E-state index contributed by atoms with van der Waals surface area (Å²) in [6.45, 7) is 0.740. The van der Waals surface area contributed by atoms with Gasteiger partial charge in [0.25, 0.3) is 5.91 Å². The molecule has 1 unspecified atom stereocenters. The molecule has 2 N–H and O–H groups in total. The van der Waals surface area contributed by atoms with E-state index in [1.807, 2.05) is 54.6 Å². The molecule has 6 nitrogen and oxygen atoms in total. The highest BCUT2D eigenvalue weighted by Gasteiger charge is 2.29. The van der Waals surface area contributed by atoms with E-state index >= 15 is 0 Å². The molecule has 0 aliphatic carbocycles. The first-order valence-corrected chi connectivity index (χ1v) is 8.82. The van der Waals surface area contributed by atoms with Gasteiger partial charge < -0.3 is 15.3 Å². The molecule has 6 heteroatoms. The molecule has 2 amide bonds. The van der Waals surface area contributed by atoms with Crippen LogP contribution in [0.25, 0.3) is 22.2 Å². The second-order valence-corrected chi connectivity index (χ2v) is 6.49. The summed E-state index contributed by atoms with van der Waals surface area (Å²) in [5.74, 6) is -0.688. The Labute approximate surface area is 156 Å². The van der Waals surface area contributed by atoms with Gasteiger partial charge in [-0.1, -0.05) is 48.5 Å². The number of hydrogen-bond donors (Lipinski definition) is 2. The molecule has 27 heavy (non-hydrogen) atoms. The number of fused-ring (bicyclic) bond motifs is 1. The van der Waals surface area contributed by atoms with Gasteiger partial charge in [0, 0.05) is 29.6 Å². The lowest BCUT2D eigenvalue weighted by atomic mass is 9.99. The van der Waals surface area contributed by atoms with Gasteiger partial charge in [-0.05, 0) is 12.1 Å². The quantitative estimate of drug-likeness (QED) is 0.746. The van der Waals surface area contributed by atoms with Crippen molar-refractivity contribution in [3.8, 4) is 11.3 Å². The average Bonchev–Trinajstić information content (AvgIpc) is 2.72. The highest BCUT2D eigenvalue weighted by Crippen LogP contribution is 2.29. The number of benzene rings is 2. The summed E-state index contributed by atoms with van der Waals surface area (Å²) in [6, 6.07) is 18.8. The van der Waals surface area contributed by atoms with Crippen molar-refractivity contribution in [3.05, 3.63) is 66.2 Å². The first kappa shape index (κ1) is 17.2. The first-order chi connectivity index (χ1) is 13.1. The van der Waals surface area contributed by atoms with Crippen LogP contribution in [0.1, 0.15) is 11.7 Å². The number of nitrogens with one attached hydrogen (secondary N) is 1. The van der Waals surface area contributed by atoms with Crippen molar-refractivity contribution in [2.45, 2.75) is 6.10 Å². The fourth-order valence-electron chi connectivity index (χ4n) is 3.32. The Hall–Kier alpha value is -3.25. The van der Waals surface area contributed by atoms with Crippen molar-refractivity contribution >= 4 is 22.7 Å². The minimum absolute atomic E-state index is 0.0373. The maximum absolute atomic E-state index is 12.8. The van der Waals surface area contributed by atoms with Gasteiger partial charge >= 0.3 is 0 Å². The topological polar surface area (TPSA) is 82.5 Å². The molecule has 0 radical (unpaired) electrons. The Balaban J connectivity index is 1.77. The maximum Gasteiger partial charge on any atom is 0.256 e. The van der Waals surface area contributed by atoms with Crippen LogP contribution in [-0.2, 0) is 9.59 Å². The summed E-state index contributed by atoms with van der Waals surface area (Å²) in [5.41, 5.74) is 2.79. The predicted molar refractivity (Wildman–Crippen MR) is 102 cm³/mol. The number of para-hydroxylation sites is 1. The largest absolute Gasteiger partial charge is 0.378 e. The third kappa shape index (κ3) is 3.39. The van der Waals surface area contributed by atoms with Crippen LogP contribution in [0.5, 0.6) is 0 Å². The van der Waals surface area contributed by atoms with E-state index in [1.165, 1.54) is 4.90 Å². The molecule has 3 aromatic rings. The fourth-order valence-corrected chi connectivity index (χ4v) is 3.32. The van der Waals surface area contributed by atoms with E-state index in [-0.39, 0.29) is 12.5 Å². The summed E-state index contributed by atoms with van der Waals surface area (Å²) >= 11 is 0. The van der Waals surface area contributed by atoms with Gasteiger partial charge in [0.2, 0.25) is 5.91 Å². The van der Waals surface area contributed by atoms with E-state index in [9.17, 15) is 14.7 Å². The molecule has 1 aromatic heterocycles. The van der Waals surface area contributed by atoms with E-state index in [0.717, 1.165) is 10.9 Å². The normalized spacial score (nSPS) is 15.4. The molecule has 136 valence electrons. The summed E-state index contributed by atoms with van der Waals surface area (Å²) in [4.78, 5) is 30.5. The second-order valence-electron chi connectivity index (χ2n) is 6.49. The van der Waals surface area contributed by atoms with Gasteiger partial charge in [0.15, 0.2) is 6.10 Å². The molecule has 1 aliphatic rings. The minimum Gasteiger partial charge on any atom is -0.378 e. The number of amides is 2. The molecule has 0 spiro atoms. The van der Waals surface area contributed by atoms with Gasteiger partial charge in [-0.15, -0.1) is 0 Å². The molecular weight excluding hydrogens is 342 g/mol. The molecule has 1 aliphatic heterocycles. The number of carbonyl (C=O) groups is 2. The highest BCUT2D eigenvalue weighted by atomic mass is 16.3. The van der Waals surface area contributed by atoms with Gasteiger partial charge in [0.1, 0.15) is 0 Å². The number of piperazine rings is 1. The van der Waals surface area contributed by atoms with Crippen LogP contribution in [0.4, 0.5) is 0 Å². The zero-order valence-corrected chi connectivity index (χ0v) is 14.6. The van der Waals surface area contributed by atoms with Crippen molar-refractivity contribution < 1.29 is 14.7 Å². The van der Waals surface area contributed by atoms with E-state index in [4.69, 9.17) is 0 Å². The van der Waals surface area contributed by atoms with E-state index in [2.05, 4.69) is 10.3 Å². The molecule has 1 atom stereocenters. The number of aromatic nitrogens is 1. The number of aliphatic hydroxyl groups excluding tert-OH is 1.